The smallest absolute Gasteiger partial charge is 0.150 e. The van der Waals surface area contributed by atoms with Crippen molar-refractivity contribution in [3.8, 4) is 11.3 Å². The molecule has 0 saturated heterocycles. The minimum Gasteiger partial charge on any atom is -0.397 e. The lowest BCUT2D eigenvalue weighted by Crippen LogP contribution is -2.21. The van der Waals surface area contributed by atoms with Gasteiger partial charge in [-0.2, -0.15) is 0 Å². The Morgan fingerprint density at radius 1 is 1.04 bits per heavy atom. The van der Waals surface area contributed by atoms with E-state index >= 15 is 0 Å². The Hall–Kier alpha value is -3.62. The summed E-state index contributed by atoms with van der Waals surface area (Å²) in [5.41, 5.74) is 17.2. The topological polar surface area (TPSA) is 102 Å². The van der Waals surface area contributed by atoms with Crippen LogP contribution in [0.15, 0.2) is 55.2 Å². The number of aromatic nitrogens is 2. The number of aryl methyl sites for hydroxylation is 1. The molecule has 2 aromatic heterocycles. The monoisotopic (exact) mass is 731 g/mol. The molecule has 6 nitrogen and oxygen atoms in total. The number of nitrogens with one attached hydrogen (secondary N) is 1. The lowest BCUT2D eigenvalue weighted by Gasteiger charge is -2.21. The third-order valence-corrected chi connectivity index (χ3v) is 7.27. The number of benzene rings is 1. The standard InChI is InChI=1S/C30H34ClF2N5.C3H8.3C2H6.C2H4.CH5N/c1-5-6-20(14-35-19(4)21-10-22(15-36-23-7-8-23)29(34)26(31)11-21)28-9-17(2)18(3)30(38-28)25-12-24(13-32)37-16-27(25)33;1-3-2;5*1-2/h9-12,15-16,20,23,35H,4-8,13-14,34H2,1-3H3;3H2,1-2H3;3*1-2H3;1-2H2;2H2,1H3. The molecule has 0 amide bonds. The Kier molecular flexibility index (Phi) is 31.6. The predicted octanol–water partition coefficient (Wildman–Crippen LogP) is 12.2. The van der Waals surface area contributed by atoms with Crippen molar-refractivity contribution in [1.82, 2.24) is 15.3 Å². The normalized spacial score (nSPS) is 11.5. The van der Waals surface area contributed by atoms with Crippen LogP contribution in [-0.4, -0.2) is 35.8 Å². The molecule has 0 aliphatic heterocycles. The first-order valence-electron chi connectivity index (χ1n) is 18.4. The maximum atomic E-state index is 14.7. The number of pyridine rings is 2. The fourth-order valence-corrected chi connectivity index (χ4v) is 4.58. The van der Waals surface area contributed by atoms with Crippen LogP contribution in [0, 0.1) is 19.7 Å². The summed E-state index contributed by atoms with van der Waals surface area (Å²) in [6.07, 6.45) is 8.12. The maximum absolute atomic E-state index is 14.7. The number of alkyl halides is 1. The first kappa shape index (κ1) is 51.7. The van der Waals surface area contributed by atoms with Crippen LogP contribution in [0.2, 0.25) is 5.02 Å². The zero-order valence-electron chi connectivity index (χ0n) is 33.8. The summed E-state index contributed by atoms with van der Waals surface area (Å²) in [6.45, 7) is 32.3. The zero-order chi connectivity index (χ0) is 40.1. The molecule has 0 radical (unpaired) electrons. The number of nitrogens with two attached hydrogens (primary N) is 2. The average Bonchev–Trinajstić information content (AvgIpc) is 4.01. The third kappa shape index (κ3) is 17.9. The first-order valence-corrected chi connectivity index (χ1v) is 18.8. The number of aliphatic imine (C=N–C) groups is 1. The number of halogens is 3. The Labute approximate surface area is 315 Å². The second-order valence-electron chi connectivity index (χ2n) is 10.6. The van der Waals surface area contributed by atoms with Crippen LogP contribution < -0.4 is 16.8 Å². The third-order valence-electron chi connectivity index (χ3n) is 6.95. The molecule has 1 saturated carbocycles. The number of nitrogens with zero attached hydrogens (tertiary/aromatic N) is 3. The highest BCUT2D eigenvalue weighted by atomic mass is 35.5. The van der Waals surface area contributed by atoms with Gasteiger partial charge in [0.15, 0.2) is 5.82 Å². The van der Waals surface area contributed by atoms with Crippen LogP contribution in [0.4, 0.5) is 14.5 Å². The molecule has 1 aromatic carbocycles. The molecule has 1 unspecified atom stereocenters. The van der Waals surface area contributed by atoms with Gasteiger partial charge >= 0.3 is 0 Å². The van der Waals surface area contributed by atoms with E-state index in [2.05, 4.69) is 61.5 Å². The van der Waals surface area contributed by atoms with Crippen LogP contribution in [0.3, 0.4) is 0 Å². The Bertz CT molecular complexity index is 1410. The molecule has 3 aromatic rings. The van der Waals surface area contributed by atoms with E-state index in [1.54, 1.807) is 12.3 Å². The molecule has 288 valence electrons. The predicted molar refractivity (Wildman–Crippen MR) is 224 cm³/mol. The van der Waals surface area contributed by atoms with E-state index in [0.29, 0.717) is 34.7 Å². The van der Waals surface area contributed by atoms with E-state index in [0.717, 1.165) is 59.8 Å². The molecule has 1 fully saturated rings. The van der Waals surface area contributed by atoms with E-state index < -0.39 is 12.5 Å². The fourth-order valence-electron chi connectivity index (χ4n) is 4.35. The van der Waals surface area contributed by atoms with E-state index in [1.165, 1.54) is 19.5 Å². The zero-order valence-corrected chi connectivity index (χ0v) is 34.6. The van der Waals surface area contributed by atoms with E-state index in [9.17, 15) is 8.78 Å². The number of nitrogen functional groups attached to an aromatic ring is 1. The van der Waals surface area contributed by atoms with Gasteiger partial charge in [-0.3, -0.25) is 15.0 Å². The van der Waals surface area contributed by atoms with E-state index in [1.807, 2.05) is 67.5 Å². The molecular weight excluding hydrogens is 662 g/mol. The van der Waals surface area contributed by atoms with Gasteiger partial charge in [-0.25, -0.2) is 8.78 Å². The number of hydrogen-bond acceptors (Lipinski definition) is 6. The molecule has 1 atom stereocenters. The average molecular weight is 732 g/mol. The molecule has 1 aliphatic carbocycles. The maximum Gasteiger partial charge on any atom is 0.150 e. The summed E-state index contributed by atoms with van der Waals surface area (Å²) < 4.78 is 28.0. The summed E-state index contributed by atoms with van der Waals surface area (Å²) in [5, 5.41) is 3.90. The Morgan fingerprint density at radius 3 is 2.12 bits per heavy atom. The van der Waals surface area contributed by atoms with Gasteiger partial charge in [-0.15, -0.1) is 13.2 Å². The van der Waals surface area contributed by atoms with E-state index in [4.69, 9.17) is 22.3 Å². The minimum absolute atomic E-state index is 0.0421. The van der Waals surface area contributed by atoms with Crippen molar-refractivity contribution in [1.29, 1.82) is 0 Å². The van der Waals surface area contributed by atoms with Crippen molar-refractivity contribution in [2.45, 2.75) is 127 Å². The van der Waals surface area contributed by atoms with E-state index in [-0.39, 0.29) is 17.2 Å². The van der Waals surface area contributed by atoms with Gasteiger partial charge in [0.2, 0.25) is 0 Å². The number of hydrogen-bond donors (Lipinski definition) is 3. The van der Waals surface area contributed by atoms with Gasteiger partial charge in [0, 0.05) is 41.2 Å². The summed E-state index contributed by atoms with van der Waals surface area (Å²) in [5.74, 6) is -0.477. The molecule has 51 heavy (non-hydrogen) atoms. The quantitative estimate of drug-likeness (QED) is 0.104. The fraction of sp³-hybridized carbons (Fsp3) is 0.500. The van der Waals surface area contributed by atoms with Crippen molar-refractivity contribution in [3.63, 3.8) is 0 Å². The molecule has 0 bridgehead atoms. The highest BCUT2D eigenvalue weighted by molar-refractivity contribution is 6.34. The van der Waals surface area contributed by atoms with Gasteiger partial charge in [0.25, 0.3) is 0 Å². The Morgan fingerprint density at radius 2 is 1.61 bits per heavy atom. The van der Waals surface area contributed by atoms with Crippen molar-refractivity contribution >= 4 is 29.2 Å². The van der Waals surface area contributed by atoms with Crippen molar-refractivity contribution < 1.29 is 8.78 Å². The molecule has 5 N–H and O–H groups in total. The highest BCUT2D eigenvalue weighted by Crippen LogP contribution is 2.32. The second-order valence-corrected chi connectivity index (χ2v) is 11.1. The van der Waals surface area contributed by atoms with Crippen molar-refractivity contribution in [2.24, 2.45) is 10.7 Å². The Balaban J connectivity index is -0.00000158. The molecular formula is C42H69ClF2N6. The minimum atomic E-state index is -0.765. The molecule has 0 spiro atoms. The molecule has 1 aliphatic rings. The van der Waals surface area contributed by atoms with Crippen LogP contribution in [-0.2, 0) is 6.67 Å². The summed E-state index contributed by atoms with van der Waals surface area (Å²) >= 11 is 6.42. The van der Waals surface area contributed by atoms with Crippen LogP contribution in [0.1, 0.15) is 134 Å². The highest BCUT2D eigenvalue weighted by Gasteiger charge is 2.21. The lowest BCUT2D eigenvalue weighted by atomic mass is 9.94. The second kappa shape index (κ2) is 31.1. The largest absolute Gasteiger partial charge is 0.397 e. The molecule has 4 rings (SSSR count). The van der Waals surface area contributed by atoms with Crippen molar-refractivity contribution in [2.75, 3.05) is 19.3 Å². The van der Waals surface area contributed by atoms with Gasteiger partial charge in [-0.05, 0) is 81.1 Å². The van der Waals surface area contributed by atoms with Gasteiger partial charge in [-0.1, -0.05) is 93.3 Å². The van der Waals surface area contributed by atoms with Gasteiger partial charge in [0.05, 0.1) is 34.3 Å². The first-order chi connectivity index (χ1) is 24.6. The van der Waals surface area contributed by atoms with Gasteiger partial charge in [0.1, 0.15) is 6.67 Å². The van der Waals surface area contributed by atoms with Crippen LogP contribution in [0.5, 0.6) is 0 Å². The lowest BCUT2D eigenvalue weighted by molar-refractivity contribution is 0.474. The van der Waals surface area contributed by atoms with Crippen LogP contribution in [0.25, 0.3) is 17.0 Å². The summed E-state index contributed by atoms with van der Waals surface area (Å²) in [7, 11) is 1.50. The SMILES string of the molecule is C=C.C=C(NCC(CCC)c1cc(C)c(C)c(-c2cc(CF)ncc2F)n1)c1cc(Cl)c(N)c(C=NC2CC2)c1.CC.CC.CC.CCC.CN. The molecule has 9 heteroatoms. The molecule has 2 heterocycles. The summed E-state index contributed by atoms with van der Waals surface area (Å²) in [6, 6.07) is 7.62. The number of rotatable bonds is 11. The van der Waals surface area contributed by atoms with Crippen LogP contribution >= 0.6 is 11.6 Å². The van der Waals surface area contributed by atoms with Crippen molar-refractivity contribution in [3.05, 3.63) is 94.7 Å². The summed E-state index contributed by atoms with van der Waals surface area (Å²) in [4.78, 5) is 13.2. The number of anilines is 1. The van der Waals surface area contributed by atoms with Gasteiger partial charge < -0.3 is 16.8 Å².